The average molecular weight is 426 g/mol. The van der Waals surface area contributed by atoms with E-state index in [9.17, 15) is 22.9 Å². The van der Waals surface area contributed by atoms with Gasteiger partial charge in [0.1, 0.15) is 22.1 Å². The van der Waals surface area contributed by atoms with Crippen molar-refractivity contribution in [3.8, 4) is 17.2 Å². The molecule has 0 fully saturated rings. The predicted octanol–water partition coefficient (Wildman–Crippen LogP) is 4.96. The first-order valence-electron chi connectivity index (χ1n) is 9.19. The molecule has 0 bridgehead atoms. The van der Waals surface area contributed by atoms with E-state index in [-0.39, 0.29) is 28.4 Å². The molecule has 3 rings (SSSR count). The smallest absolute Gasteiger partial charge is 0.298 e. The number of rotatable bonds is 5. The van der Waals surface area contributed by atoms with Crippen LogP contribution in [-0.4, -0.2) is 23.9 Å². The third-order valence-corrected chi connectivity index (χ3v) is 5.44. The van der Waals surface area contributed by atoms with Crippen molar-refractivity contribution in [2.45, 2.75) is 31.1 Å². The van der Waals surface area contributed by atoms with Gasteiger partial charge in [0.25, 0.3) is 10.1 Å². The summed E-state index contributed by atoms with van der Waals surface area (Å²) in [7, 11) is -4.59. The molecule has 0 atom stereocenters. The molecule has 0 saturated carbocycles. The van der Waals surface area contributed by atoms with Crippen molar-refractivity contribution >= 4 is 15.9 Å². The van der Waals surface area contributed by atoms with Gasteiger partial charge < -0.3 is 9.84 Å². The Labute approximate surface area is 175 Å². The van der Waals surface area contributed by atoms with Gasteiger partial charge in [-0.3, -0.25) is 9.35 Å². The molecule has 0 aliphatic carbocycles. The quantitative estimate of drug-likeness (QED) is 0.442. The Morgan fingerprint density at radius 2 is 1.40 bits per heavy atom. The third kappa shape index (κ3) is 4.87. The van der Waals surface area contributed by atoms with Gasteiger partial charge in [-0.1, -0.05) is 45.0 Å². The molecule has 0 aliphatic heterocycles. The van der Waals surface area contributed by atoms with Crippen LogP contribution in [0.15, 0.2) is 71.6 Å². The minimum absolute atomic E-state index is 0.00427. The number of phenolic OH excluding ortho intramolecular Hbond substituents is 1. The molecule has 0 heterocycles. The Kier molecular flexibility index (Phi) is 5.70. The Morgan fingerprint density at radius 3 is 1.90 bits per heavy atom. The highest BCUT2D eigenvalue weighted by atomic mass is 32.2. The van der Waals surface area contributed by atoms with Crippen molar-refractivity contribution in [1.82, 2.24) is 0 Å². The Bertz CT molecular complexity index is 1170. The molecule has 0 unspecified atom stereocenters. The maximum Gasteiger partial charge on any atom is 0.298 e. The van der Waals surface area contributed by atoms with Crippen LogP contribution in [0.3, 0.4) is 0 Å². The average Bonchev–Trinajstić information content (AvgIpc) is 2.68. The Hall–Kier alpha value is -3.16. The zero-order valence-electron chi connectivity index (χ0n) is 16.8. The van der Waals surface area contributed by atoms with E-state index >= 15 is 0 Å². The first-order chi connectivity index (χ1) is 13.9. The van der Waals surface area contributed by atoms with Crippen LogP contribution in [0.4, 0.5) is 0 Å². The van der Waals surface area contributed by atoms with Crippen molar-refractivity contribution in [3.63, 3.8) is 0 Å². The van der Waals surface area contributed by atoms with Gasteiger partial charge >= 0.3 is 0 Å². The predicted molar refractivity (Wildman–Crippen MR) is 113 cm³/mol. The topological polar surface area (TPSA) is 101 Å². The molecule has 7 heteroatoms. The van der Waals surface area contributed by atoms with E-state index in [1.54, 1.807) is 24.3 Å². The lowest BCUT2D eigenvalue weighted by Gasteiger charge is -2.19. The molecule has 3 aromatic carbocycles. The van der Waals surface area contributed by atoms with Crippen molar-refractivity contribution in [2.75, 3.05) is 0 Å². The molecule has 30 heavy (non-hydrogen) atoms. The van der Waals surface area contributed by atoms with Gasteiger partial charge in [0.05, 0.1) is 0 Å². The van der Waals surface area contributed by atoms with Crippen LogP contribution in [0, 0.1) is 0 Å². The molecule has 0 radical (unpaired) electrons. The molecule has 0 aromatic heterocycles. The fraction of sp³-hybridized carbons (Fsp3) is 0.174. The number of ether oxygens (including phenoxy) is 1. The fourth-order valence-corrected chi connectivity index (χ4v) is 3.51. The summed E-state index contributed by atoms with van der Waals surface area (Å²) in [5.74, 6) is -0.351. The number of hydrogen-bond acceptors (Lipinski definition) is 5. The normalized spacial score (nSPS) is 11.9. The fourth-order valence-electron chi connectivity index (χ4n) is 2.87. The number of phenols is 1. The van der Waals surface area contributed by atoms with Crippen LogP contribution in [0.25, 0.3) is 0 Å². The summed E-state index contributed by atoms with van der Waals surface area (Å²) in [6.45, 7) is 6.30. The van der Waals surface area contributed by atoms with Gasteiger partial charge in [0.2, 0.25) is 0 Å². The minimum atomic E-state index is -4.59. The summed E-state index contributed by atoms with van der Waals surface area (Å²) in [6, 6.07) is 17.0. The Balaban J connectivity index is 1.81. The number of carbonyl (C=O) groups is 1. The number of benzene rings is 3. The van der Waals surface area contributed by atoms with Crippen molar-refractivity contribution < 1.29 is 27.6 Å². The summed E-state index contributed by atoms with van der Waals surface area (Å²) in [6.07, 6.45) is 0. The van der Waals surface area contributed by atoms with Crippen LogP contribution in [-0.2, 0) is 15.5 Å². The summed E-state index contributed by atoms with van der Waals surface area (Å²) >= 11 is 0. The van der Waals surface area contributed by atoms with Crippen LogP contribution in [0.2, 0.25) is 0 Å². The van der Waals surface area contributed by atoms with Crippen LogP contribution in [0.1, 0.15) is 42.3 Å². The lowest BCUT2D eigenvalue weighted by atomic mass is 9.86. The van der Waals surface area contributed by atoms with Gasteiger partial charge in [0, 0.05) is 17.2 Å². The van der Waals surface area contributed by atoms with E-state index in [0.717, 1.165) is 11.6 Å². The minimum Gasteiger partial charge on any atom is -0.508 e. The number of ketones is 1. The summed E-state index contributed by atoms with van der Waals surface area (Å²) in [4.78, 5) is 12.2. The van der Waals surface area contributed by atoms with Crippen LogP contribution >= 0.6 is 0 Å². The van der Waals surface area contributed by atoms with Crippen molar-refractivity contribution in [2.24, 2.45) is 0 Å². The second-order valence-electron chi connectivity index (χ2n) is 7.89. The molecular formula is C23H22O6S. The second kappa shape index (κ2) is 7.93. The molecule has 2 N–H and O–H groups in total. The highest BCUT2D eigenvalue weighted by Crippen LogP contribution is 2.32. The van der Waals surface area contributed by atoms with Gasteiger partial charge in [-0.2, -0.15) is 8.42 Å². The first-order valence-corrected chi connectivity index (χ1v) is 10.6. The van der Waals surface area contributed by atoms with E-state index in [1.807, 2.05) is 12.1 Å². The second-order valence-corrected chi connectivity index (χ2v) is 9.28. The molecular weight excluding hydrogens is 404 g/mol. The highest BCUT2D eigenvalue weighted by Gasteiger charge is 2.19. The molecule has 0 saturated heterocycles. The zero-order chi connectivity index (χ0) is 22.1. The summed E-state index contributed by atoms with van der Waals surface area (Å²) in [5, 5.41) is 9.47. The molecule has 156 valence electrons. The van der Waals surface area contributed by atoms with E-state index in [0.29, 0.717) is 11.1 Å². The summed E-state index contributed by atoms with van der Waals surface area (Å²) in [5.41, 5.74) is 2.14. The monoisotopic (exact) mass is 426 g/mol. The van der Waals surface area contributed by atoms with Gasteiger partial charge in [0.15, 0.2) is 5.78 Å². The van der Waals surface area contributed by atoms with Gasteiger partial charge in [-0.05, 0) is 47.4 Å². The van der Waals surface area contributed by atoms with Crippen LogP contribution in [0.5, 0.6) is 17.2 Å². The largest absolute Gasteiger partial charge is 0.508 e. The van der Waals surface area contributed by atoms with Crippen molar-refractivity contribution in [3.05, 3.63) is 83.4 Å². The van der Waals surface area contributed by atoms with Crippen LogP contribution < -0.4 is 4.74 Å². The number of aromatic hydroxyl groups is 1. The molecule has 0 spiro atoms. The number of hydrogen-bond donors (Lipinski definition) is 2. The molecule has 0 aliphatic rings. The van der Waals surface area contributed by atoms with E-state index in [4.69, 9.17) is 4.74 Å². The van der Waals surface area contributed by atoms with Gasteiger partial charge in [-0.15, -0.1) is 0 Å². The molecule has 6 nitrogen and oxygen atoms in total. The first kappa shape index (κ1) is 21.5. The number of carbonyl (C=O) groups excluding carboxylic acids is 1. The standard InChI is InChI=1S/C23H22O6S/c1-23(2,3)17-8-4-15(5-9-17)22(25)16-6-11-19(12-7-16)29-20-13-10-18(24)14-21(20)30(26,27)28/h4-14,24H,1-3H3,(H,26,27,28). The zero-order valence-corrected chi connectivity index (χ0v) is 17.6. The lowest BCUT2D eigenvalue weighted by molar-refractivity contribution is 0.103. The van der Waals surface area contributed by atoms with E-state index in [2.05, 4.69) is 20.8 Å². The summed E-state index contributed by atoms with van der Waals surface area (Å²) < 4.78 is 37.8. The third-order valence-electron chi connectivity index (χ3n) is 4.56. The SMILES string of the molecule is CC(C)(C)c1ccc(C(=O)c2ccc(Oc3ccc(O)cc3S(=O)(=O)O)cc2)cc1. The molecule has 3 aromatic rings. The molecule has 0 amide bonds. The van der Waals surface area contributed by atoms with E-state index in [1.165, 1.54) is 24.3 Å². The highest BCUT2D eigenvalue weighted by molar-refractivity contribution is 7.86. The van der Waals surface area contributed by atoms with E-state index < -0.39 is 15.0 Å². The Morgan fingerprint density at radius 1 is 0.867 bits per heavy atom. The van der Waals surface area contributed by atoms with Crippen molar-refractivity contribution in [1.29, 1.82) is 0 Å². The maximum absolute atomic E-state index is 12.7. The lowest BCUT2D eigenvalue weighted by Crippen LogP contribution is -2.11. The van der Waals surface area contributed by atoms with Gasteiger partial charge in [-0.25, -0.2) is 0 Å². The maximum atomic E-state index is 12.7.